The van der Waals surface area contributed by atoms with Crippen LogP contribution in [-0.2, 0) is 6.54 Å². The molecule has 0 bridgehead atoms. The van der Waals surface area contributed by atoms with E-state index in [4.69, 9.17) is 0 Å². The van der Waals surface area contributed by atoms with Gasteiger partial charge in [0.25, 0.3) is 0 Å². The summed E-state index contributed by atoms with van der Waals surface area (Å²) in [6.45, 7) is 6.30. The molecule has 1 aliphatic rings. The number of nitrogens with zero attached hydrogens (tertiary/aromatic N) is 2. The molecule has 0 aromatic carbocycles. The zero-order valence-corrected chi connectivity index (χ0v) is 13.2. The quantitative estimate of drug-likeness (QED) is 0.860. The standard InChI is InChI=1S/C17H29N3/c1-4-14-6-8-16(9-7-14)20(3)17-10-11-19-15(12-17)13-18-5-2/h10-12,14,16,18H,4-9,13H2,1-3H3. The van der Waals surface area contributed by atoms with E-state index in [1.54, 1.807) is 0 Å². The van der Waals surface area contributed by atoms with E-state index in [-0.39, 0.29) is 0 Å². The molecule has 3 nitrogen and oxygen atoms in total. The van der Waals surface area contributed by atoms with E-state index < -0.39 is 0 Å². The van der Waals surface area contributed by atoms with E-state index in [0.717, 1.165) is 24.7 Å². The van der Waals surface area contributed by atoms with Crippen molar-refractivity contribution in [2.45, 2.75) is 58.5 Å². The summed E-state index contributed by atoms with van der Waals surface area (Å²) in [6, 6.07) is 5.07. The van der Waals surface area contributed by atoms with Crippen molar-refractivity contribution in [3.05, 3.63) is 24.0 Å². The first-order chi connectivity index (χ1) is 9.74. The van der Waals surface area contributed by atoms with Crippen molar-refractivity contribution >= 4 is 5.69 Å². The van der Waals surface area contributed by atoms with Gasteiger partial charge >= 0.3 is 0 Å². The highest BCUT2D eigenvalue weighted by Crippen LogP contribution is 2.31. The molecule has 0 amide bonds. The second-order valence-corrected chi connectivity index (χ2v) is 5.98. The fourth-order valence-electron chi connectivity index (χ4n) is 3.19. The first-order valence-electron chi connectivity index (χ1n) is 8.13. The van der Waals surface area contributed by atoms with Crippen molar-refractivity contribution in [3.8, 4) is 0 Å². The van der Waals surface area contributed by atoms with Gasteiger partial charge in [-0.2, -0.15) is 0 Å². The maximum Gasteiger partial charge on any atom is 0.0562 e. The molecule has 0 saturated heterocycles. The van der Waals surface area contributed by atoms with E-state index in [9.17, 15) is 0 Å². The zero-order chi connectivity index (χ0) is 14.4. The van der Waals surface area contributed by atoms with Crippen LogP contribution >= 0.6 is 0 Å². The van der Waals surface area contributed by atoms with Gasteiger partial charge in [0, 0.05) is 31.5 Å². The van der Waals surface area contributed by atoms with Gasteiger partial charge in [-0.25, -0.2) is 0 Å². The third-order valence-electron chi connectivity index (χ3n) is 4.70. The number of hydrogen-bond donors (Lipinski definition) is 1. The Hall–Kier alpha value is -1.09. The van der Waals surface area contributed by atoms with Gasteiger partial charge in [0.15, 0.2) is 0 Å². The molecule has 1 N–H and O–H groups in total. The number of hydrogen-bond acceptors (Lipinski definition) is 3. The molecule has 20 heavy (non-hydrogen) atoms. The van der Waals surface area contributed by atoms with Gasteiger partial charge in [-0.05, 0) is 50.3 Å². The van der Waals surface area contributed by atoms with E-state index in [1.807, 2.05) is 6.20 Å². The number of pyridine rings is 1. The van der Waals surface area contributed by atoms with Crippen LogP contribution < -0.4 is 10.2 Å². The summed E-state index contributed by atoms with van der Waals surface area (Å²) < 4.78 is 0. The van der Waals surface area contributed by atoms with Crippen LogP contribution in [0, 0.1) is 5.92 Å². The molecule has 1 aromatic heterocycles. The predicted octanol–water partition coefficient (Wildman–Crippen LogP) is 3.60. The van der Waals surface area contributed by atoms with Crippen LogP contribution in [0.2, 0.25) is 0 Å². The van der Waals surface area contributed by atoms with Crippen LogP contribution in [0.15, 0.2) is 18.3 Å². The van der Waals surface area contributed by atoms with E-state index in [2.05, 4.69) is 48.2 Å². The largest absolute Gasteiger partial charge is 0.372 e. The molecule has 2 rings (SSSR count). The normalized spacial score (nSPS) is 22.8. The van der Waals surface area contributed by atoms with Gasteiger partial charge < -0.3 is 10.2 Å². The van der Waals surface area contributed by atoms with Crippen molar-refractivity contribution in [1.82, 2.24) is 10.3 Å². The zero-order valence-electron chi connectivity index (χ0n) is 13.2. The van der Waals surface area contributed by atoms with Gasteiger partial charge in [0.05, 0.1) is 5.69 Å². The van der Waals surface area contributed by atoms with Gasteiger partial charge in [-0.3, -0.25) is 4.98 Å². The molecule has 3 heteroatoms. The summed E-state index contributed by atoms with van der Waals surface area (Å²) in [4.78, 5) is 6.90. The van der Waals surface area contributed by atoms with Crippen LogP contribution in [0.5, 0.6) is 0 Å². The minimum atomic E-state index is 0.701. The predicted molar refractivity (Wildman–Crippen MR) is 86.1 cm³/mol. The molecular formula is C17H29N3. The van der Waals surface area contributed by atoms with E-state index in [0.29, 0.717) is 6.04 Å². The lowest BCUT2D eigenvalue weighted by Crippen LogP contribution is -2.35. The molecule has 112 valence electrons. The average Bonchev–Trinajstić information content (AvgIpc) is 2.52. The fourth-order valence-corrected chi connectivity index (χ4v) is 3.19. The Kier molecular flexibility index (Phi) is 5.84. The molecule has 0 unspecified atom stereocenters. The van der Waals surface area contributed by atoms with Gasteiger partial charge in [0.1, 0.15) is 0 Å². The Morgan fingerprint density at radius 2 is 2.00 bits per heavy atom. The van der Waals surface area contributed by atoms with Gasteiger partial charge in [-0.15, -0.1) is 0 Å². The number of nitrogens with one attached hydrogen (secondary N) is 1. The molecule has 0 aliphatic heterocycles. The first kappa shape index (κ1) is 15.3. The first-order valence-corrected chi connectivity index (χ1v) is 8.13. The Bertz CT molecular complexity index is 397. The maximum absolute atomic E-state index is 4.44. The summed E-state index contributed by atoms with van der Waals surface area (Å²) >= 11 is 0. The Balaban J connectivity index is 1.96. The van der Waals surface area contributed by atoms with E-state index >= 15 is 0 Å². The molecule has 1 heterocycles. The van der Waals surface area contributed by atoms with Crippen molar-refractivity contribution in [1.29, 1.82) is 0 Å². The van der Waals surface area contributed by atoms with E-state index in [1.165, 1.54) is 37.8 Å². The molecule has 0 atom stereocenters. The highest BCUT2D eigenvalue weighted by molar-refractivity contribution is 5.46. The van der Waals surface area contributed by atoms with Crippen molar-refractivity contribution in [2.75, 3.05) is 18.5 Å². The minimum absolute atomic E-state index is 0.701. The molecule has 1 aromatic rings. The lowest BCUT2D eigenvalue weighted by molar-refractivity contribution is 0.313. The van der Waals surface area contributed by atoms with Crippen LogP contribution in [0.25, 0.3) is 0 Å². The fraction of sp³-hybridized carbons (Fsp3) is 0.706. The van der Waals surface area contributed by atoms with Crippen LogP contribution in [0.4, 0.5) is 5.69 Å². The molecule has 1 aliphatic carbocycles. The molecule has 0 radical (unpaired) electrons. The number of anilines is 1. The summed E-state index contributed by atoms with van der Waals surface area (Å²) in [5.74, 6) is 0.960. The third-order valence-corrected chi connectivity index (χ3v) is 4.70. The molecule has 1 saturated carbocycles. The second kappa shape index (κ2) is 7.63. The van der Waals surface area contributed by atoms with Crippen molar-refractivity contribution < 1.29 is 0 Å². The SMILES string of the molecule is CCNCc1cc(N(C)C2CCC(CC)CC2)ccn1. The maximum atomic E-state index is 4.44. The monoisotopic (exact) mass is 275 g/mol. The van der Waals surface area contributed by atoms with Crippen molar-refractivity contribution in [2.24, 2.45) is 5.92 Å². The molecular weight excluding hydrogens is 246 g/mol. The summed E-state index contributed by atoms with van der Waals surface area (Å²) in [7, 11) is 2.24. The number of aromatic nitrogens is 1. The van der Waals surface area contributed by atoms with Gasteiger partial charge in [-0.1, -0.05) is 20.3 Å². The highest BCUT2D eigenvalue weighted by Gasteiger charge is 2.23. The smallest absolute Gasteiger partial charge is 0.0562 e. The molecule has 0 spiro atoms. The van der Waals surface area contributed by atoms with Gasteiger partial charge in [0.2, 0.25) is 0 Å². The highest BCUT2D eigenvalue weighted by atomic mass is 15.1. The van der Waals surface area contributed by atoms with Crippen LogP contribution in [0.1, 0.15) is 51.6 Å². The second-order valence-electron chi connectivity index (χ2n) is 5.98. The summed E-state index contributed by atoms with van der Waals surface area (Å²) in [5, 5.41) is 3.34. The Morgan fingerprint density at radius 3 is 2.65 bits per heavy atom. The van der Waals surface area contributed by atoms with Crippen LogP contribution in [-0.4, -0.2) is 24.6 Å². The summed E-state index contributed by atoms with van der Waals surface area (Å²) in [5.41, 5.74) is 2.45. The van der Waals surface area contributed by atoms with Crippen molar-refractivity contribution in [3.63, 3.8) is 0 Å². The van der Waals surface area contributed by atoms with Crippen LogP contribution in [0.3, 0.4) is 0 Å². The minimum Gasteiger partial charge on any atom is -0.372 e. The number of rotatable bonds is 6. The molecule has 1 fully saturated rings. The third kappa shape index (κ3) is 3.95. The average molecular weight is 275 g/mol. The Labute approximate surface area is 123 Å². The Morgan fingerprint density at radius 1 is 1.25 bits per heavy atom. The summed E-state index contributed by atoms with van der Waals surface area (Å²) in [6.07, 6.45) is 8.73. The lowest BCUT2D eigenvalue weighted by Gasteiger charge is -2.36. The topological polar surface area (TPSA) is 28.2 Å². The lowest BCUT2D eigenvalue weighted by atomic mass is 9.84.